The van der Waals surface area contributed by atoms with Crippen LogP contribution in [0.4, 0.5) is 0 Å². The Labute approximate surface area is 188 Å². The summed E-state index contributed by atoms with van der Waals surface area (Å²) in [6.45, 7) is 5.56. The highest BCUT2D eigenvalue weighted by Gasteiger charge is 2.33. The molecule has 2 aliphatic rings. The Morgan fingerprint density at radius 3 is 2.62 bits per heavy atom. The van der Waals surface area contributed by atoms with Gasteiger partial charge in [-0.05, 0) is 38.2 Å². The first-order valence-electron chi connectivity index (χ1n) is 11.3. The number of aryl methyl sites for hydroxylation is 1. The Hall–Kier alpha value is -2.74. The highest BCUT2D eigenvalue weighted by atomic mass is 32.2. The number of rotatable bonds is 3. The SMILES string of the molecule is Cc1nn([C@H]2CCS(=O)(=O)C2)c2nc(-c3ccccc3)cc(C(=O)N3CCC[C@H](C)C3)c12. The second-order valence-corrected chi connectivity index (χ2v) is 11.4. The van der Waals surface area contributed by atoms with Gasteiger partial charge in [-0.15, -0.1) is 0 Å². The Kier molecular flexibility index (Phi) is 5.28. The van der Waals surface area contributed by atoms with Crippen molar-refractivity contribution < 1.29 is 13.2 Å². The van der Waals surface area contributed by atoms with Crippen LogP contribution in [-0.2, 0) is 9.84 Å². The second-order valence-electron chi connectivity index (χ2n) is 9.21. The number of carbonyl (C=O) groups excluding carboxylic acids is 1. The lowest BCUT2D eigenvalue weighted by Crippen LogP contribution is -2.39. The molecule has 0 spiro atoms. The summed E-state index contributed by atoms with van der Waals surface area (Å²) in [5.74, 6) is 0.704. The summed E-state index contributed by atoms with van der Waals surface area (Å²) in [5.41, 5.74) is 3.53. The van der Waals surface area contributed by atoms with Crippen molar-refractivity contribution in [1.82, 2.24) is 19.7 Å². The molecule has 2 aromatic heterocycles. The quantitative estimate of drug-likeness (QED) is 0.606. The van der Waals surface area contributed by atoms with E-state index in [0.29, 0.717) is 34.9 Å². The van der Waals surface area contributed by atoms with Gasteiger partial charge in [0.25, 0.3) is 5.91 Å². The summed E-state index contributed by atoms with van der Waals surface area (Å²) in [7, 11) is -3.08. The molecule has 3 aromatic rings. The zero-order chi connectivity index (χ0) is 22.5. The van der Waals surface area contributed by atoms with E-state index < -0.39 is 9.84 Å². The molecule has 0 N–H and O–H groups in total. The van der Waals surface area contributed by atoms with E-state index in [4.69, 9.17) is 10.1 Å². The maximum absolute atomic E-state index is 13.7. The van der Waals surface area contributed by atoms with Gasteiger partial charge in [0.15, 0.2) is 15.5 Å². The minimum atomic E-state index is -3.08. The van der Waals surface area contributed by atoms with Crippen molar-refractivity contribution in [3.63, 3.8) is 0 Å². The first-order chi connectivity index (χ1) is 15.3. The molecule has 1 amide bonds. The molecule has 5 rings (SSSR count). The molecule has 2 aliphatic heterocycles. The summed E-state index contributed by atoms with van der Waals surface area (Å²) in [6, 6.07) is 11.4. The predicted octanol–water partition coefficient (Wildman–Crippen LogP) is 3.64. The molecule has 0 aliphatic carbocycles. The van der Waals surface area contributed by atoms with Crippen LogP contribution in [0.1, 0.15) is 48.3 Å². The molecule has 2 atom stereocenters. The van der Waals surface area contributed by atoms with E-state index in [1.54, 1.807) is 4.68 Å². The number of nitrogens with zero attached hydrogens (tertiary/aromatic N) is 4. The molecule has 168 valence electrons. The van der Waals surface area contributed by atoms with E-state index in [9.17, 15) is 13.2 Å². The van der Waals surface area contributed by atoms with Crippen LogP contribution in [0.15, 0.2) is 36.4 Å². The summed E-state index contributed by atoms with van der Waals surface area (Å²) < 4.78 is 26.0. The molecule has 2 saturated heterocycles. The monoisotopic (exact) mass is 452 g/mol. The van der Waals surface area contributed by atoms with Crippen molar-refractivity contribution in [3.05, 3.63) is 47.7 Å². The molecule has 1 aromatic carbocycles. The molecule has 0 unspecified atom stereocenters. The van der Waals surface area contributed by atoms with Crippen molar-refractivity contribution >= 4 is 26.8 Å². The van der Waals surface area contributed by atoms with E-state index in [0.717, 1.165) is 36.9 Å². The lowest BCUT2D eigenvalue weighted by Gasteiger charge is -2.31. The zero-order valence-corrected chi connectivity index (χ0v) is 19.3. The van der Waals surface area contributed by atoms with Gasteiger partial charge in [0.2, 0.25) is 0 Å². The number of benzene rings is 1. The molecule has 0 radical (unpaired) electrons. The van der Waals surface area contributed by atoms with E-state index >= 15 is 0 Å². The molecule has 2 fully saturated rings. The van der Waals surface area contributed by atoms with E-state index in [1.165, 1.54) is 0 Å². The largest absolute Gasteiger partial charge is 0.338 e. The fourth-order valence-electron chi connectivity index (χ4n) is 5.01. The lowest BCUT2D eigenvalue weighted by atomic mass is 9.98. The minimum absolute atomic E-state index is 0.00262. The van der Waals surface area contributed by atoms with Gasteiger partial charge in [-0.25, -0.2) is 18.1 Å². The van der Waals surface area contributed by atoms with Gasteiger partial charge in [0.1, 0.15) is 0 Å². The van der Waals surface area contributed by atoms with Crippen molar-refractivity contribution in [2.24, 2.45) is 5.92 Å². The van der Waals surface area contributed by atoms with Gasteiger partial charge in [-0.2, -0.15) is 5.10 Å². The third-order valence-electron chi connectivity index (χ3n) is 6.64. The van der Waals surface area contributed by atoms with E-state index in [2.05, 4.69) is 6.92 Å². The Morgan fingerprint density at radius 2 is 1.94 bits per heavy atom. The third-order valence-corrected chi connectivity index (χ3v) is 8.39. The van der Waals surface area contributed by atoms with Gasteiger partial charge in [0.05, 0.1) is 39.9 Å². The second kappa shape index (κ2) is 7.99. The maximum Gasteiger partial charge on any atom is 0.254 e. The molecule has 0 bridgehead atoms. The third kappa shape index (κ3) is 3.81. The van der Waals surface area contributed by atoms with Crippen molar-refractivity contribution in [2.75, 3.05) is 24.6 Å². The smallest absolute Gasteiger partial charge is 0.254 e. The first kappa shape index (κ1) is 21.1. The minimum Gasteiger partial charge on any atom is -0.338 e. The molecule has 32 heavy (non-hydrogen) atoms. The van der Waals surface area contributed by atoms with Crippen LogP contribution in [0.3, 0.4) is 0 Å². The van der Waals surface area contributed by atoms with Crippen molar-refractivity contribution in [2.45, 2.75) is 39.2 Å². The van der Waals surface area contributed by atoms with Crippen LogP contribution in [0.2, 0.25) is 0 Å². The number of likely N-dealkylation sites (tertiary alicyclic amines) is 1. The average molecular weight is 453 g/mol. The Balaban J connectivity index is 1.69. The van der Waals surface area contributed by atoms with Gasteiger partial charge in [0, 0.05) is 18.7 Å². The number of hydrogen-bond acceptors (Lipinski definition) is 5. The number of piperidine rings is 1. The van der Waals surface area contributed by atoms with Gasteiger partial charge in [-0.3, -0.25) is 4.79 Å². The lowest BCUT2D eigenvalue weighted by molar-refractivity contribution is 0.0685. The predicted molar refractivity (Wildman–Crippen MR) is 124 cm³/mol. The average Bonchev–Trinajstić information content (AvgIpc) is 3.32. The molecule has 8 heteroatoms. The van der Waals surface area contributed by atoms with Gasteiger partial charge < -0.3 is 4.90 Å². The Bertz CT molecular complexity index is 1280. The molecule has 0 saturated carbocycles. The van der Waals surface area contributed by atoms with Crippen molar-refractivity contribution in [1.29, 1.82) is 0 Å². The molecule has 7 nitrogen and oxygen atoms in total. The number of aromatic nitrogens is 3. The van der Waals surface area contributed by atoms with Crippen molar-refractivity contribution in [3.8, 4) is 11.3 Å². The van der Waals surface area contributed by atoms with Crippen LogP contribution in [0.5, 0.6) is 0 Å². The Morgan fingerprint density at radius 1 is 1.16 bits per heavy atom. The fourth-order valence-corrected chi connectivity index (χ4v) is 6.70. The van der Waals surface area contributed by atoms with E-state index in [-0.39, 0.29) is 23.5 Å². The topological polar surface area (TPSA) is 85.2 Å². The van der Waals surface area contributed by atoms with Gasteiger partial charge >= 0.3 is 0 Å². The summed E-state index contributed by atoms with van der Waals surface area (Å²) in [4.78, 5) is 20.5. The summed E-state index contributed by atoms with van der Waals surface area (Å²) in [5, 5.41) is 5.43. The number of fused-ring (bicyclic) bond motifs is 1. The summed E-state index contributed by atoms with van der Waals surface area (Å²) >= 11 is 0. The first-order valence-corrected chi connectivity index (χ1v) is 13.1. The van der Waals surface area contributed by atoms with Crippen LogP contribution in [0, 0.1) is 12.8 Å². The summed E-state index contributed by atoms with van der Waals surface area (Å²) in [6.07, 6.45) is 2.66. The normalized spacial score (nSPS) is 23.0. The number of sulfone groups is 1. The fraction of sp³-hybridized carbons (Fsp3) is 0.458. The highest BCUT2D eigenvalue weighted by molar-refractivity contribution is 7.91. The maximum atomic E-state index is 13.7. The van der Waals surface area contributed by atoms with Gasteiger partial charge in [-0.1, -0.05) is 37.3 Å². The van der Waals surface area contributed by atoms with Crippen LogP contribution >= 0.6 is 0 Å². The highest BCUT2D eigenvalue weighted by Crippen LogP contribution is 2.33. The van der Waals surface area contributed by atoms with Crippen LogP contribution < -0.4 is 0 Å². The van der Waals surface area contributed by atoms with E-state index in [1.807, 2.05) is 48.2 Å². The molecular weight excluding hydrogens is 424 g/mol. The number of pyridine rings is 1. The molecule has 4 heterocycles. The molecular formula is C24H28N4O3S. The number of amides is 1. The number of hydrogen-bond donors (Lipinski definition) is 0. The van der Waals surface area contributed by atoms with Crippen LogP contribution in [-0.4, -0.2) is 58.6 Å². The zero-order valence-electron chi connectivity index (χ0n) is 18.5. The number of carbonyl (C=O) groups is 1. The van der Waals surface area contributed by atoms with Crippen LogP contribution in [0.25, 0.3) is 22.3 Å². The standard InChI is InChI=1S/C24H28N4O3S/c1-16-7-6-11-27(14-16)24(29)20-13-21(18-8-4-3-5-9-18)25-23-22(20)17(2)26-28(23)19-10-12-32(30,31)15-19/h3-5,8-9,13,16,19H,6-7,10-12,14-15H2,1-2H3/t16-,19-/m0/s1.